The molecule has 4 aromatic rings. The lowest BCUT2D eigenvalue weighted by atomic mass is 10.1. The standard InChI is InChI=1S/C21H19FN4O/c1-2-26-18-10-6-4-8-15(18)11-19(26)17-13-20(25-24-17)23-21(27)12-14-7-3-5-9-16(14)22/h3-11,13H,2,12H2,1H3,(H2,23,24,25,27). The van der Waals surface area contributed by atoms with Crippen molar-refractivity contribution in [3.63, 3.8) is 0 Å². The molecule has 5 nitrogen and oxygen atoms in total. The molecule has 0 aliphatic rings. The van der Waals surface area contributed by atoms with Gasteiger partial charge in [0.05, 0.1) is 17.8 Å². The van der Waals surface area contributed by atoms with Crippen LogP contribution in [0.4, 0.5) is 10.2 Å². The van der Waals surface area contributed by atoms with E-state index in [-0.39, 0.29) is 18.1 Å². The number of rotatable bonds is 5. The predicted octanol–water partition coefficient (Wildman–Crippen LogP) is 4.37. The fourth-order valence-electron chi connectivity index (χ4n) is 3.29. The Balaban J connectivity index is 1.55. The van der Waals surface area contributed by atoms with Gasteiger partial charge in [0.2, 0.25) is 5.91 Å². The summed E-state index contributed by atoms with van der Waals surface area (Å²) in [5.41, 5.74) is 3.32. The first-order chi connectivity index (χ1) is 13.2. The van der Waals surface area contributed by atoms with E-state index >= 15 is 0 Å². The largest absolute Gasteiger partial charge is 0.340 e. The predicted molar refractivity (Wildman–Crippen MR) is 104 cm³/mol. The van der Waals surface area contributed by atoms with Crippen LogP contribution in [-0.2, 0) is 17.8 Å². The maximum Gasteiger partial charge on any atom is 0.230 e. The maximum atomic E-state index is 13.7. The molecular formula is C21H19FN4O. The fraction of sp³-hybridized carbons (Fsp3) is 0.143. The number of H-pyrrole nitrogens is 1. The number of para-hydroxylation sites is 1. The second kappa shape index (κ2) is 7.07. The third-order valence-corrected chi connectivity index (χ3v) is 4.56. The third kappa shape index (κ3) is 3.33. The normalized spacial score (nSPS) is 11.0. The lowest BCUT2D eigenvalue weighted by molar-refractivity contribution is -0.115. The number of carbonyl (C=O) groups is 1. The van der Waals surface area contributed by atoms with Crippen molar-refractivity contribution in [2.75, 3.05) is 5.32 Å². The topological polar surface area (TPSA) is 62.7 Å². The molecule has 136 valence electrons. The fourth-order valence-corrected chi connectivity index (χ4v) is 3.29. The lowest BCUT2D eigenvalue weighted by Crippen LogP contribution is -2.15. The molecule has 4 rings (SSSR count). The number of nitrogens with zero attached hydrogens (tertiary/aromatic N) is 2. The molecule has 0 unspecified atom stereocenters. The molecule has 2 aromatic carbocycles. The minimum absolute atomic E-state index is 0.0376. The Morgan fingerprint density at radius 1 is 1.15 bits per heavy atom. The van der Waals surface area contributed by atoms with Crippen LogP contribution in [0.1, 0.15) is 12.5 Å². The van der Waals surface area contributed by atoms with Crippen LogP contribution in [0.3, 0.4) is 0 Å². The van der Waals surface area contributed by atoms with Gasteiger partial charge in [0, 0.05) is 23.5 Å². The molecule has 0 saturated carbocycles. The van der Waals surface area contributed by atoms with Gasteiger partial charge in [-0.25, -0.2) is 4.39 Å². The number of nitrogens with one attached hydrogen (secondary N) is 2. The molecule has 2 N–H and O–H groups in total. The molecule has 0 bridgehead atoms. The monoisotopic (exact) mass is 362 g/mol. The highest BCUT2D eigenvalue weighted by Crippen LogP contribution is 2.28. The first kappa shape index (κ1) is 17.0. The van der Waals surface area contributed by atoms with Crippen molar-refractivity contribution < 1.29 is 9.18 Å². The molecule has 27 heavy (non-hydrogen) atoms. The minimum atomic E-state index is -0.386. The maximum absolute atomic E-state index is 13.7. The number of fused-ring (bicyclic) bond motifs is 1. The Labute approximate surface area is 155 Å². The van der Waals surface area contributed by atoms with Gasteiger partial charge in [-0.2, -0.15) is 5.10 Å². The zero-order valence-electron chi connectivity index (χ0n) is 14.9. The highest BCUT2D eigenvalue weighted by molar-refractivity contribution is 5.92. The second-order valence-corrected chi connectivity index (χ2v) is 6.32. The van der Waals surface area contributed by atoms with Crippen molar-refractivity contribution in [2.45, 2.75) is 19.9 Å². The van der Waals surface area contributed by atoms with Gasteiger partial charge in [-0.15, -0.1) is 0 Å². The highest BCUT2D eigenvalue weighted by Gasteiger charge is 2.14. The van der Waals surface area contributed by atoms with Crippen molar-refractivity contribution in [1.82, 2.24) is 14.8 Å². The summed E-state index contributed by atoms with van der Waals surface area (Å²) in [5, 5.41) is 11.0. The molecule has 2 aromatic heterocycles. The van der Waals surface area contributed by atoms with Crippen molar-refractivity contribution in [2.24, 2.45) is 0 Å². The molecule has 1 amide bonds. The van der Waals surface area contributed by atoms with Gasteiger partial charge in [-0.3, -0.25) is 9.89 Å². The number of amides is 1. The van der Waals surface area contributed by atoms with Gasteiger partial charge in [-0.1, -0.05) is 36.4 Å². The summed E-state index contributed by atoms with van der Waals surface area (Å²) in [6.45, 7) is 2.90. The van der Waals surface area contributed by atoms with E-state index in [0.29, 0.717) is 11.4 Å². The van der Waals surface area contributed by atoms with Crippen LogP contribution >= 0.6 is 0 Å². The number of anilines is 1. The number of aryl methyl sites for hydroxylation is 1. The molecule has 2 heterocycles. The van der Waals surface area contributed by atoms with Crippen molar-refractivity contribution >= 4 is 22.6 Å². The summed E-state index contributed by atoms with van der Waals surface area (Å²) in [6.07, 6.45) is -0.0376. The average Bonchev–Trinajstić information content (AvgIpc) is 3.27. The highest BCUT2D eigenvalue weighted by atomic mass is 19.1. The van der Waals surface area contributed by atoms with E-state index in [1.54, 1.807) is 24.3 Å². The summed E-state index contributed by atoms with van der Waals surface area (Å²) in [4.78, 5) is 12.2. The van der Waals surface area contributed by atoms with E-state index in [1.807, 2.05) is 12.1 Å². The number of aromatic amines is 1. The Morgan fingerprint density at radius 2 is 1.93 bits per heavy atom. The Morgan fingerprint density at radius 3 is 2.74 bits per heavy atom. The van der Waals surface area contributed by atoms with Crippen LogP contribution in [0.25, 0.3) is 22.3 Å². The van der Waals surface area contributed by atoms with E-state index < -0.39 is 0 Å². The summed E-state index contributed by atoms with van der Waals surface area (Å²) in [7, 11) is 0. The van der Waals surface area contributed by atoms with Crippen molar-refractivity contribution in [1.29, 1.82) is 0 Å². The van der Waals surface area contributed by atoms with Gasteiger partial charge in [-0.05, 0) is 30.7 Å². The van der Waals surface area contributed by atoms with Crippen LogP contribution < -0.4 is 5.32 Å². The quantitative estimate of drug-likeness (QED) is 0.554. The summed E-state index contributed by atoms with van der Waals surface area (Å²) in [6, 6.07) is 18.3. The van der Waals surface area contributed by atoms with Crippen LogP contribution in [0.15, 0.2) is 60.7 Å². The molecule has 6 heteroatoms. The van der Waals surface area contributed by atoms with Gasteiger partial charge in [0.1, 0.15) is 5.82 Å². The molecule has 0 aliphatic heterocycles. The third-order valence-electron chi connectivity index (χ3n) is 4.56. The minimum Gasteiger partial charge on any atom is -0.340 e. The second-order valence-electron chi connectivity index (χ2n) is 6.32. The smallest absolute Gasteiger partial charge is 0.230 e. The number of hydrogen-bond acceptors (Lipinski definition) is 2. The van der Waals surface area contributed by atoms with Gasteiger partial charge >= 0.3 is 0 Å². The molecule has 0 aliphatic carbocycles. The van der Waals surface area contributed by atoms with Crippen LogP contribution in [-0.4, -0.2) is 20.7 Å². The Kier molecular flexibility index (Phi) is 4.46. The van der Waals surface area contributed by atoms with Crippen LogP contribution in [0.2, 0.25) is 0 Å². The first-order valence-electron chi connectivity index (χ1n) is 8.83. The zero-order valence-corrected chi connectivity index (χ0v) is 14.9. The van der Waals surface area contributed by atoms with Crippen LogP contribution in [0, 0.1) is 5.82 Å². The molecule has 0 spiro atoms. The van der Waals surface area contributed by atoms with Crippen LogP contribution in [0.5, 0.6) is 0 Å². The Hall–Kier alpha value is -3.41. The molecule has 0 fully saturated rings. The van der Waals surface area contributed by atoms with E-state index in [1.165, 1.54) is 6.07 Å². The number of benzene rings is 2. The number of aromatic nitrogens is 3. The van der Waals surface area contributed by atoms with Crippen molar-refractivity contribution in [3.05, 3.63) is 72.0 Å². The molecular weight excluding hydrogens is 343 g/mol. The van der Waals surface area contributed by atoms with E-state index in [4.69, 9.17) is 0 Å². The number of halogens is 1. The first-order valence-corrected chi connectivity index (χ1v) is 8.83. The summed E-state index contributed by atoms with van der Waals surface area (Å²) < 4.78 is 15.9. The lowest BCUT2D eigenvalue weighted by Gasteiger charge is -2.05. The molecule has 0 radical (unpaired) electrons. The molecule has 0 atom stereocenters. The average molecular weight is 362 g/mol. The van der Waals surface area contributed by atoms with E-state index in [0.717, 1.165) is 28.8 Å². The van der Waals surface area contributed by atoms with Gasteiger partial charge in [0.25, 0.3) is 0 Å². The van der Waals surface area contributed by atoms with Crippen molar-refractivity contribution in [3.8, 4) is 11.4 Å². The number of hydrogen-bond donors (Lipinski definition) is 2. The summed E-state index contributed by atoms with van der Waals surface area (Å²) >= 11 is 0. The van der Waals surface area contributed by atoms with Gasteiger partial charge < -0.3 is 9.88 Å². The van der Waals surface area contributed by atoms with E-state index in [9.17, 15) is 9.18 Å². The van der Waals surface area contributed by atoms with Gasteiger partial charge in [0.15, 0.2) is 5.82 Å². The SMILES string of the molecule is CCn1c(-c2cc(NC(=O)Cc3ccccc3F)n[nH]2)cc2ccccc21. The zero-order chi connectivity index (χ0) is 18.8. The Bertz CT molecular complexity index is 1110. The molecule has 0 saturated heterocycles. The number of carbonyl (C=O) groups excluding carboxylic acids is 1. The van der Waals surface area contributed by atoms with E-state index in [2.05, 4.69) is 45.2 Å². The summed E-state index contributed by atoms with van der Waals surface area (Å²) in [5.74, 6) is -0.281.